The van der Waals surface area contributed by atoms with Crippen LogP contribution in [0.15, 0.2) is 64.4 Å². The van der Waals surface area contributed by atoms with Crippen molar-refractivity contribution in [2.45, 2.75) is 38.1 Å². The van der Waals surface area contributed by atoms with Gasteiger partial charge in [0.05, 0.1) is 18.2 Å². The van der Waals surface area contributed by atoms with Gasteiger partial charge in [0.15, 0.2) is 5.76 Å². The van der Waals surface area contributed by atoms with Crippen LogP contribution in [0.25, 0.3) is 17.1 Å². The number of carbonyl (C=O) groups excluding carboxylic acids is 2. The lowest BCUT2D eigenvalue weighted by atomic mass is 9.77. The van der Waals surface area contributed by atoms with E-state index in [-0.39, 0.29) is 5.91 Å². The normalized spacial score (nSPS) is 23.8. The second-order valence-electron chi connectivity index (χ2n) is 8.25. The number of urea groups is 1. The molecular weight excluding hydrogens is 394 g/mol. The zero-order valence-electron chi connectivity index (χ0n) is 17.2. The molecule has 5 rings (SSSR count). The summed E-state index contributed by atoms with van der Waals surface area (Å²) in [6, 6.07) is 12.8. The minimum atomic E-state index is -0.820. The third kappa shape index (κ3) is 3.43. The van der Waals surface area contributed by atoms with Gasteiger partial charge in [0.25, 0.3) is 5.91 Å². The Labute approximate surface area is 179 Å². The highest BCUT2D eigenvalue weighted by Gasteiger charge is 2.52. The fourth-order valence-electron chi connectivity index (χ4n) is 4.22. The highest BCUT2D eigenvalue weighted by Crippen LogP contribution is 2.36. The molecule has 1 saturated heterocycles. The zero-order chi connectivity index (χ0) is 21.4. The Bertz CT molecular complexity index is 1130. The van der Waals surface area contributed by atoms with Gasteiger partial charge in [-0.3, -0.25) is 4.79 Å². The molecule has 31 heavy (non-hydrogen) atoms. The number of carbonyl (C=O) groups is 2. The maximum atomic E-state index is 13.1. The lowest BCUT2D eigenvalue weighted by Crippen LogP contribution is -2.49. The first-order valence-electron chi connectivity index (χ1n) is 10.5. The summed E-state index contributed by atoms with van der Waals surface area (Å²) in [4.78, 5) is 25.6. The number of hydrogen-bond acceptors (Lipinski definition) is 5. The van der Waals surface area contributed by atoms with E-state index in [0.29, 0.717) is 35.8 Å². The number of rotatable bonds is 4. The number of benzene rings is 1. The third-order valence-electron chi connectivity index (χ3n) is 6.10. The molecule has 3 heterocycles. The highest BCUT2D eigenvalue weighted by atomic mass is 16.3. The van der Waals surface area contributed by atoms with Gasteiger partial charge >= 0.3 is 6.03 Å². The van der Waals surface area contributed by atoms with Crippen LogP contribution in [-0.2, 0) is 4.79 Å². The number of nitrogens with one attached hydrogen (secondary N) is 1. The summed E-state index contributed by atoms with van der Waals surface area (Å²) in [5, 5.41) is 12.7. The van der Waals surface area contributed by atoms with Crippen LogP contribution in [0.5, 0.6) is 0 Å². The Morgan fingerprint density at radius 1 is 1.16 bits per heavy atom. The number of aromatic nitrogens is 2. The first kappa shape index (κ1) is 19.3. The third-order valence-corrected chi connectivity index (χ3v) is 6.10. The number of amides is 3. The SMILES string of the molecule is CC1CCC2(CC1)NC(=O)N(/N=C\c1cn(-c3ccccc3)nc1-c1ccco1)C2=O. The largest absolute Gasteiger partial charge is 0.463 e. The van der Waals surface area contributed by atoms with Crippen molar-refractivity contribution in [3.63, 3.8) is 0 Å². The van der Waals surface area contributed by atoms with Crippen molar-refractivity contribution >= 4 is 18.2 Å². The Hall–Kier alpha value is -3.68. The van der Waals surface area contributed by atoms with Crippen LogP contribution in [0.3, 0.4) is 0 Å². The quantitative estimate of drug-likeness (QED) is 0.514. The van der Waals surface area contributed by atoms with Crippen molar-refractivity contribution in [2.24, 2.45) is 11.0 Å². The molecule has 1 aromatic carbocycles. The molecule has 8 nitrogen and oxygen atoms in total. The molecule has 1 N–H and O–H groups in total. The predicted octanol–water partition coefficient (Wildman–Crippen LogP) is 3.97. The molecule has 2 aromatic heterocycles. The summed E-state index contributed by atoms with van der Waals surface area (Å²) in [5.74, 6) is 0.856. The molecule has 1 aliphatic heterocycles. The average molecular weight is 417 g/mol. The summed E-state index contributed by atoms with van der Waals surface area (Å²) >= 11 is 0. The van der Waals surface area contributed by atoms with Crippen molar-refractivity contribution < 1.29 is 14.0 Å². The minimum Gasteiger partial charge on any atom is -0.463 e. The molecule has 2 fully saturated rings. The van der Waals surface area contributed by atoms with Crippen LogP contribution < -0.4 is 5.32 Å². The van der Waals surface area contributed by atoms with Crippen LogP contribution in [0.2, 0.25) is 0 Å². The van der Waals surface area contributed by atoms with Crippen molar-refractivity contribution in [2.75, 3.05) is 0 Å². The van der Waals surface area contributed by atoms with E-state index in [1.807, 2.05) is 30.3 Å². The number of nitrogens with zero attached hydrogens (tertiary/aromatic N) is 4. The first-order valence-corrected chi connectivity index (χ1v) is 10.5. The number of para-hydroxylation sites is 1. The molecule has 1 spiro atoms. The summed E-state index contributed by atoms with van der Waals surface area (Å²) in [6.45, 7) is 2.17. The van der Waals surface area contributed by atoms with E-state index in [4.69, 9.17) is 4.42 Å². The minimum absolute atomic E-state index is 0.282. The molecule has 0 atom stereocenters. The molecule has 2 aliphatic rings. The van der Waals surface area contributed by atoms with E-state index >= 15 is 0 Å². The second-order valence-corrected chi connectivity index (χ2v) is 8.25. The van der Waals surface area contributed by atoms with E-state index in [0.717, 1.165) is 23.5 Å². The number of hydrazone groups is 1. The van der Waals surface area contributed by atoms with Crippen molar-refractivity contribution in [1.82, 2.24) is 20.1 Å². The maximum absolute atomic E-state index is 13.1. The Morgan fingerprint density at radius 2 is 1.94 bits per heavy atom. The van der Waals surface area contributed by atoms with E-state index in [2.05, 4.69) is 22.4 Å². The Kier molecular flexibility index (Phi) is 4.69. The standard InChI is InChI=1S/C23H23N5O3/c1-16-9-11-23(12-10-16)21(29)28(22(30)25-23)24-14-17-15-27(18-6-3-2-4-7-18)26-20(17)19-8-5-13-31-19/h2-8,13-16H,9-12H2,1H3,(H,25,30)/b24-14-. The predicted molar refractivity (Wildman–Crippen MR) is 115 cm³/mol. The van der Waals surface area contributed by atoms with Crippen molar-refractivity contribution in [1.29, 1.82) is 0 Å². The second kappa shape index (κ2) is 7.54. The fraction of sp³-hybridized carbons (Fsp3) is 0.304. The molecule has 0 unspecified atom stereocenters. The molecule has 1 saturated carbocycles. The van der Waals surface area contributed by atoms with E-state index in [1.165, 1.54) is 6.21 Å². The maximum Gasteiger partial charge on any atom is 0.346 e. The van der Waals surface area contributed by atoms with E-state index in [9.17, 15) is 9.59 Å². The number of furan rings is 1. The molecule has 158 valence electrons. The van der Waals surface area contributed by atoms with Gasteiger partial charge in [0.2, 0.25) is 0 Å². The van der Waals surface area contributed by atoms with E-state index < -0.39 is 11.6 Å². The summed E-state index contributed by atoms with van der Waals surface area (Å²) in [7, 11) is 0. The average Bonchev–Trinajstić information content (AvgIpc) is 3.50. The smallest absolute Gasteiger partial charge is 0.346 e. The summed E-state index contributed by atoms with van der Waals surface area (Å²) in [6.07, 6.45) is 7.98. The van der Waals surface area contributed by atoms with Crippen molar-refractivity contribution in [3.8, 4) is 17.1 Å². The topological polar surface area (TPSA) is 92.7 Å². The molecule has 1 aliphatic carbocycles. The van der Waals surface area contributed by atoms with Crippen LogP contribution in [0.1, 0.15) is 38.2 Å². The van der Waals surface area contributed by atoms with Gasteiger partial charge in [-0.15, -0.1) is 5.01 Å². The monoisotopic (exact) mass is 417 g/mol. The first-order chi connectivity index (χ1) is 15.1. The van der Waals surface area contributed by atoms with Gasteiger partial charge in [-0.25, -0.2) is 9.48 Å². The number of imide groups is 1. The zero-order valence-corrected chi connectivity index (χ0v) is 17.2. The molecule has 3 amide bonds. The summed E-state index contributed by atoms with van der Waals surface area (Å²) < 4.78 is 7.24. The van der Waals surface area contributed by atoms with Crippen molar-refractivity contribution in [3.05, 3.63) is 60.5 Å². The molecule has 0 radical (unpaired) electrons. The lowest BCUT2D eigenvalue weighted by Gasteiger charge is -2.33. The van der Waals surface area contributed by atoms with Gasteiger partial charge in [-0.1, -0.05) is 25.1 Å². The molecule has 0 bridgehead atoms. The fourth-order valence-corrected chi connectivity index (χ4v) is 4.22. The van der Waals surface area contributed by atoms with Gasteiger partial charge < -0.3 is 9.73 Å². The number of hydrogen-bond donors (Lipinski definition) is 1. The Morgan fingerprint density at radius 3 is 2.65 bits per heavy atom. The Balaban J connectivity index is 1.46. The molecule has 3 aromatic rings. The van der Waals surface area contributed by atoms with Crippen LogP contribution in [0.4, 0.5) is 4.79 Å². The highest BCUT2D eigenvalue weighted by molar-refractivity contribution is 6.07. The lowest BCUT2D eigenvalue weighted by molar-refractivity contribution is -0.132. The van der Waals surface area contributed by atoms with Crippen LogP contribution in [-0.4, -0.2) is 38.5 Å². The summed E-state index contributed by atoms with van der Waals surface area (Å²) in [5.41, 5.74) is 1.27. The van der Waals surface area contributed by atoms with Crippen LogP contribution in [0, 0.1) is 5.92 Å². The van der Waals surface area contributed by atoms with E-state index in [1.54, 1.807) is 29.3 Å². The van der Waals surface area contributed by atoms with Crippen LogP contribution >= 0.6 is 0 Å². The van der Waals surface area contributed by atoms with Gasteiger partial charge in [-0.05, 0) is 55.9 Å². The van der Waals surface area contributed by atoms with Gasteiger partial charge in [-0.2, -0.15) is 10.2 Å². The van der Waals surface area contributed by atoms with Gasteiger partial charge in [0.1, 0.15) is 11.2 Å². The molecular formula is C23H23N5O3. The molecule has 8 heteroatoms. The van der Waals surface area contributed by atoms with Gasteiger partial charge in [0, 0.05) is 11.8 Å².